The molecule has 2 rings (SSSR count). The maximum Gasteiger partial charge on any atom is 0.288 e. The van der Waals surface area contributed by atoms with E-state index in [4.69, 9.17) is 0 Å². The number of nitrogens with zero attached hydrogens (tertiary/aromatic N) is 2. The maximum atomic E-state index is 12.2. The lowest BCUT2D eigenvalue weighted by atomic mass is 9.87. The average molecular weight is 277 g/mol. The number of hydrogen-bond donors (Lipinski definition) is 1. The molecule has 0 unspecified atom stereocenters. The first-order valence-corrected chi connectivity index (χ1v) is 6.89. The highest BCUT2D eigenvalue weighted by atomic mass is 16.6. The molecule has 0 aromatic carbocycles. The number of hydrogen-bond acceptors (Lipinski definition) is 4. The van der Waals surface area contributed by atoms with Crippen LogP contribution in [-0.2, 0) is 0 Å². The van der Waals surface area contributed by atoms with Crippen molar-refractivity contribution in [2.45, 2.75) is 45.6 Å². The minimum Gasteiger partial charge on any atom is -0.349 e. The highest BCUT2D eigenvalue weighted by molar-refractivity contribution is 5.95. The van der Waals surface area contributed by atoms with Crippen LogP contribution in [0.5, 0.6) is 0 Å². The molecule has 1 aromatic heterocycles. The third-order valence-corrected chi connectivity index (χ3v) is 3.80. The van der Waals surface area contributed by atoms with Gasteiger partial charge >= 0.3 is 0 Å². The minimum atomic E-state index is -0.536. The van der Waals surface area contributed by atoms with Crippen LogP contribution in [-0.4, -0.2) is 21.9 Å². The summed E-state index contributed by atoms with van der Waals surface area (Å²) >= 11 is 0. The normalized spacial score (nSPS) is 22.3. The zero-order chi connectivity index (χ0) is 14.7. The van der Waals surface area contributed by atoms with Gasteiger partial charge in [-0.05, 0) is 25.7 Å². The van der Waals surface area contributed by atoms with Crippen LogP contribution in [0.3, 0.4) is 0 Å². The molecule has 1 aliphatic rings. The van der Waals surface area contributed by atoms with Gasteiger partial charge in [0.05, 0.1) is 16.2 Å². The van der Waals surface area contributed by atoms with E-state index in [2.05, 4.69) is 17.2 Å². The van der Waals surface area contributed by atoms with Gasteiger partial charge in [-0.3, -0.25) is 19.9 Å². The summed E-state index contributed by atoms with van der Waals surface area (Å²) < 4.78 is 0. The molecular formula is C14H19N3O3. The molecule has 1 heterocycles. The van der Waals surface area contributed by atoms with Gasteiger partial charge in [-0.1, -0.05) is 19.8 Å². The fourth-order valence-electron chi connectivity index (χ4n) is 2.68. The summed E-state index contributed by atoms with van der Waals surface area (Å²) in [5.74, 6) is 0.344. The molecule has 1 amide bonds. The van der Waals surface area contributed by atoms with Gasteiger partial charge in [0.1, 0.15) is 6.20 Å². The molecule has 20 heavy (non-hydrogen) atoms. The van der Waals surface area contributed by atoms with E-state index in [9.17, 15) is 14.9 Å². The SMILES string of the molecule is Cc1ncc([N+](=O)[O-])cc1C(=O)N[C@H]1CCC[C@H](C)C1. The van der Waals surface area contributed by atoms with E-state index >= 15 is 0 Å². The van der Waals surface area contributed by atoms with E-state index in [1.54, 1.807) is 6.92 Å². The lowest BCUT2D eigenvalue weighted by molar-refractivity contribution is -0.385. The molecule has 1 aliphatic carbocycles. The molecule has 1 fully saturated rings. The summed E-state index contributed by atoms with van der Waals surface area (Å²) in [5, 5.41) is 13.7. The van der Waals surface area contributed by atoms with E-state index in [1.165, 1.54) is 18.7 Å². The summed E-state index contributed by atoms with van der Waals surface area (Å²) in [6, 6.07) is 1.45. The van der Waals surface area contributed by atoms with Gasteiger partial charge < -0.3 is 5.32 Å². The van der Waals surface area contributed by atoms with E-state index < -0.39 is 4.92 Å². The number of nitrogens with one attached hydrogen (secondary N) is 1. The molecule has 0 saturated heterocycles. The Balaban J connectivity index is 2.12. The van der Waals surface area contributed by atoms with Crippen LogP contribution in [0.25, 0.3) is 0 Å². The molecule has 1 aromatic rings. The van der Waals surface area contributed by atoms with E-state index in [0.717, 1.165) is 19.3 Å². The summed E-state index contributed by atoms with van der Waals surface area (Å²) in [4.78, 5) is 26.4. The van der Waals surface area contributed by atoms with Gasteiger partial charge in [0.25, 0.3) is 11.6 Å². The fraction of sp³-hybridized carbons (Fsp3) is 0.571. The summed E-state index contributed by atoms with van der Waals surface area (Å²) in [7, 11) is 0. The van der Waals surface area contributed by atoms with Crippen LogP contribution in [0.15, 0.2) is 12.3 Å². The predicted molar refractivity (Wildman–Crippen MR) is 74.5 cm³/mol. The summed E-state index contributed by atoms with van der Waals surface area (Å²) in [6.07, 6.45) is 5.42. The summed E-state index contributed by atoms with van der Waals surface area (Å²) in [5.41, 5.74) is 0.646. The second-order valence-corrected chi connectivity index (χ2v) is 5.53. The van der Waals surface area contributed by atoms with Crippen molar-refractivity contribution in [1.82, 2.24) is 10.3 Å². The second kappa shape index (κ2) is 5.98. The molecule has 108 valence electrons. The Labute approximate surface area is 117 Å². The lowest BCUT2D eigenvalue weighted by Gasteiger charge is -2.27. The standard InChI is InChI=1S/C14H19N3O3/c1-9-4-3-5-11(6-9)16-14(18)13-7-12(17(19)20)8-15-10(13)2/h7-9,11H,3-6H2,1-2H3,(H,16,18)/t9-,11-/m0/s1. The highest BCUT2D eigenvalue weighted by Crippen LogP contribution is 2.24. The van der Waals surface area contributed by atoms with Crippen LogP contribution in [0.4, 0.5) is 5.69 Å². The number of aromatic nitrogens is 1. The minimum absolute atomic E-state index is 0.155. The first kappa shape index (κ1) is 14.4. The molecule has 0 spiro atoms. The monoisotopic (exact) mass is 277 g/mol. The molecule has 1 saturated carbocycles. The molecule has 1 N–H and O–H groups in total. The van der Waals surface area contributed by atoms with Crippen molar-refractivity contribution < 1.29 is 9.72 Å². The van der Waals surface area contributed by atoms with E-state index in [-0.39, 0.29) is 23.2 Å². The van der Waals surface area contributed by atoms with Gasteiger partial charge in [-0.2, -0.15) is 0 Å². The number of carbonyl (C=O) groups excluding carboxylic acids is 1. The van der Waals surface area contributed by atoms with Gasteiger partial charge in [-0.15, -0.1) is 0 Å². The number of aryl methyl sites for hydroxylation is 1. The fourth-order valence-corrected chi connectivity index (χ4v) is 2.68. The predicted octanol–water partition coefficient (Wildman–Crippen LogP) is 2.61. The smallest absolute Gasteiger partial charge is 0.288 e. The first-order chi connectivity index (χ1) is 9.47. The van der Waals surface area contributed by atoms with Crippen LogP contribution < -0.4 is 5.32 Å². The molecule has 2 atom stereocenters. The summed E-state index contributed by atoms with van der Waals surface area (Å²) in [6.45, 7) is 3.86. The number of carbonyl (C=O) groups is 1. The molecule has 6 nitrogen and oxygen atoms in total. The van der Waals surface area contributed by atoms with Crippen molar-refractivity contribution >= 4 is 11.6 Å². The van der Waals surface area contributed by atoms with Crippen LogP contribution in [0.1, 0.15) is 48.7 Å². The number of amides is 1. The maximum absolute atomic E-state index is 12.2. The van der Waals surface area contributed by atoms with Gasteiger partial charge in [0.15, 0.2) is 0 Å². The van der Waals surface area contributed by atoms with Crippen molar-refractivity contribution in [1.29, 1.82) is 0 Å². The Kier molecular flexibility index (Phi) is 4.32. The van der Waals surface area contributed by atoms with Crippen LogP contribution in [0, 0.1) is 23.0 Å². The van der Waals surface area contributed by atoms with Crippen molar-refractivity contribution in [2.75, 3.05) is 0 Å². The molecule has 0 aliphatic heterocycles. The van der Waals surface area contributed by atoms with Crippen molar-refractivity contribution in [2.24, 2.45) is 5.92 Å². The average Bonchev–Trinajstić information content (AvgIpc) is 2.38. The van der Waals surface area contributed by atoms with Crippen molar-refractivity contribution in [3.8, 4) is 0 Å². The first-order valence-electron chi connectivity index (χ1n) is 6.89. The molecule has 0 radical (unpaired) electrons. The Morgan fingerprint density at radius 2 is 2.25 bits per heavy atom. The zero-order valence-corrected chi connectivity index (χ0v) is 11.8. The third kappa shape index (κ3) is 3.31. The largest absolute Gasteiger partial charge is 0.349 e. The highest BCUT2D eigenvalue weighted by Gasteiger charge is 2.23. The number of pyridine rings is 1. The Morgan fingerprint density at radius 1 is 1.50 bits per heavy atom. The second-order valence-electron chi connectivity index (χ2n) is 5.53. The van der Waals surface area contributed by atoms with Crippen LogP contribution >= 0.6 is 0 Å². The Bertz CT molecular complexity index is 530. The van der Waals surface area contributed by atoms with Gasteiger partial charge in [0, 0.05) is 12.1 Å². The number of rotatable bonds is 3. The Hall–Kier alpha value is -1.98. The third-order valence-electron chi connectivity index (χ3n) is 3.80. The topological polar surface area (TPSA) is 85.1 Å². The van der Waals surface area contributed by atoms with Crippen molar-refractivity contribution in [3.63, 3.8) is 0 Å². The van der Waals surface area contributed by atoms with Crippen LogP contribution in [0.2, 0.25) is 0 Å². The van der Waals surface area contributed by atoms with Gasteiger partial charge in [-0.25, -0.2) is 0 Å². The molecular weight excluding hydrogens is 258 g/mol. The van der Waals surface area contributed by atoms with Crippen molar-refractivity contribution in [3.05, 3.63) is 33.6 Å². The Morgan fingerprint density at radius 3 is 2.90 bits per heavy atom. The quantitative estimate of drug-likeness (QED) is 0.679. The molecule has 0 bridgehead atoms. The molecule has 6 heteroatoms. The zero-order valence-electron chi connectivity index (χ0n) is 11.8. The van der Waals surface area contributed by atoms with E-state index in [0.29, 0.717) is 11.6 Å². The van der Waals surface area contributed by atoms with E-state index in [1.807, 2.05) is 0 Å². The van der Waals surface area contributed by atoms with Gasteiger partial charge in [0.2, 0.25) is 0 Å². The number of nitro groups is 1. The lowest BCUT2D eigenvalue weighted by Crippen LogP contribution is -2.38.